The Bertz CT molecular complexity index is 649. The van der Waals surface area contributed by atoms with Gasteiger partial charge in [-0.05, 0) is 36.8 Å². The molecule has 4 heteroatoms. The van der Waals surface area contributed by atoms with Gasteiger partial charge in [-0.25, -0.2) is 5.01 Å². The van der Waals surface area contributed by atoms with Crippen LogP contribution in [-0.2, 0) is 0 Å². The summed E-state index contributed by atoms with van der Waals surface area (Å²) in [6.45, 7) is 2.07. The van der Waals surface area contributed by atoms with Crippen molar-refractivity contribution in [3.8, 4) is 0 Å². The fourth-order valence-corrected chi connectivity index (χ4v) is 2.67. The van der Waals surface area contributed by atoms with Crippen LogP contribution in [0, 0.1) is 6.92 Å². The minimum atomic E-state index is 0.177. The van der Waals surface area contributed by atoms with E-state index in [1.165, 1.54) is 11.1 Å². The molecule has 1 aliphatic heterocycles. The van der Waals surface area contributed by atoms with E-state index in [0.717, 1.165) is 12.1 Å². The number of hydrogen-bond donors (Lipinski definition) is 1. The molecule has 3 rings (SSSR count). The normalized spacial score (nSPS) is 17.0. The van der Waals surface area contributed by atoms with E-state index in [-0.39, 0.29) is 6.04 Å². The summed E-state index contributed by atoms with van der Waals surface area (Å²) in [5.41, 5.74) is 3.44. The zero-order chi connectivity index (χ0) is 14.7. The van der Waals surface area contributed by atoms with Gasteiger partial charge in [0, 0.05) is 18.3 Å². The van der Waals surface area contributed by atoms with Gasteiger partial charge in [-0.1, -0.05) is 48.0 Å². The summed E-state index contributed by atoms with van der Waals surface area (Å²) in [6, 6.07) is 18.7. The SMILES string of the molecule is Cc1ccc(NC(=S)N2N=CC[C@@H]2c2ccccc2)cc1. The molecule has 1 atom stereocenters. The first-order valence-corrected chi connectivity index (χ1v) is 7.39. The maximum atomic E-state index is 5.51. The third-order valence-electron chi connectivity index (χ3n) is 3.53. The van der Waals surface area contributed by atoms with Gasteiger partial charge in [0.15, 0.2) is 5.11 Å². The third-order valence-corrected chi connectivity index (χ3v) is 3.81. The number of hydrazone groups is 1. The van der Waals surface area contributed by atoms with Crippen molar-refractivity contribution < 1.29 is 0 Å². The van der Waals surface area contributed by atoms with Crippen molar-refractivity contribution in [3.05, 3.63) is 65.7 Å². The van der Waals surface area contributed by atoms with Crippen LogP contribution in [0.15, 0.2) is 59.7 Å². The van der Waals surface area contributed by atoms with E-state index >= 15 is 0 Å². The van der Waals surface area contributed by atoms with Crippen LogP contribution in [0.4, 0.5) is 5.69 Å². The Balaban J connectivity index is 1.74. The number of benzene rings is 2. The van der Waals surface area contributed by atoms with Crippen molar-refractivity contribution in [1.29, 1.82) is 0 Å². The number of nitrogens with zero attached hydrogens (tertiary/aromatic N) is 2. The molecule has 0 amide bonds. The maximum Gasteiger partial charge on any atom is 0.194 e. The number of hydrogen-bond acceptors (Lipinski definition) is 2. The first-order valence-electron chi connectivity index (χ1n) is 6.98. The number of nitrogens with one attached hydrogen (secondary N) is 1. The Hall–Kier alpha value is -2.20. The summed E-state index contributed by atoms with van der Waals surface area (Å²) in [5, 5.41) is 10.2. The van der Waals surface area contributed by atoms with Crippen LogP contribution < -0.4 is 5.32 Å². The molecule has 0 bridgehead atoms. The minimum absolute atomic E-state index is 0.177. The molecule has 1 heterocycles. The highest BCUT2D eigenvalue weighted by atomic mass is 32.1. The molecule has 0 unspecified atom stereocenters. The lowest BCUT2D eigenvalue weighted by Crippen LogP contribution is -2.31. The topological polar surface area (TPSA) is 27.6 Å². The van der Waals surface area contributed by atoms with E-state index in [2.05, 4.69) is 41.6 Å². The Morgan fingerprint density at radius 2 is 1.86 bits per heavy atom. The zero-order valence-electron chi connectivity index (χ0n) is 11.9. The Morgan fingerprint density at radius 3 is 2.57 bits per heavy atom. The van der Waals surface area contributed by atoms with Gasteiger partial charge in [-0.3, -0.25) is 0 Å². The number of aryl methyl sites for hydroxylation is 1. The van der Waals surface area contributed by atoms with E-state index in [4.69, 9.17) is 12.2 Å². The molecule has 1 N–H and O–H groups in total. The Kier molecular flexibility index (Phi) is 3.97. The molecule has 1 aliphatic rings. The second-order valence-electron chi connectivity index (χ2n) is 5.10. The van der Waals surface area contributed by atoms with Crippen LogP contribution in [0.5, 0.6) is 0 Å². The zero-order valence-corrected chi connectivity index (χ0v) is 12.7. The molecule has 0 spiro atoms. The van der Waals surface area contributed by atoms with Crippen LogP contribution in [0.25, 0.3) is 0 Å². The van der Waals surface area contributed by atoms with Gasteiger partial charge in [-0.15, -0.1) is 0 Å². The van der Waals surface area contributed by atoms with Crippen molar-refractivity contribution in [3.63, 3.8) is 0 Å². The molecule has 0 fully saturated rings. The van der Waals surface area contributed by atoms with Gasteiger partial charge >= 0.3 is 0 Å². The fourth-order valence-electron chi connectivity index (χ4n) is 2.38. The highest BCUT2D eigenvalue weighted by Gasteiger charge is 2.25. The van der Waals surface area contributed by atoms with Gasteiger partial charge in [0.1, 0.15) is 0 Å². The second-order valence-corrected chi connectivity index (χ2v) is 5.49. The smallest absolute Gasteiger partial charge is 0.194 e. The highest BCUT2D eigenvalue weighted by Crippen LogP contribution is 2.28. The van der Waals surface area contributed by atoms with Crippen molar-refractivity contribution >= 4 is 29.2 Å². The van der Waals surface area contributed by atoms with E-state index in [1.54, 1.807) is 0 Å². The molecule has 0 saturated carbocycles. The van der Waals surface area contributed by atoms with Crippen LogP contribution in [0.2, 0.25) is 0 Å². The quantitative estimate of drug-likeness (QED) is 0.844. The lowest BCUT2D eigenvalue weighted by atomic mass is 10.1. The highest BCUT2D eigenvalue weighted by molar-refractivity contribution is 7.80. The number of thiocarbonyl (C=S) groups is 1. The summed E-state index contributed by atoms with van der Waals surface area (Å²) in [5.74, 6) is 0. The Morgan fingerprint density at radius 1 is 1.14 bits per heavy atom. The van der Waals surface area contributed by atoms with Crippen molar-refractivity contribution in [2.45, 2.75) is 19.4 Å². The summed E-state index contributed by atoms with van der Waals surface area (Å²) in [7, 11) is 0. The fraction of sp³-hybridized carbons (Fsp3) is 0.176. The summed E-state index contributed by atoms with van der Waals surface area (Å²) >= 11 is 5.51. The maximum absolute atomic E-state index is 5.51. The van der Waals surface area contributed by atoms with Crippen LogP contribution in [0.3, 0.4) is 0 Å². The van der Waals surface area contributed by atoms with Crippen molar-refractivity contribution in [1.82, 2.24) is 5.01 Å². The van der Waals surface area contributed by atoms with E-state index in [1.807, 2.05) is 41.6 Å². The monoisotopic (exact) mass is 295 g/mol. The summed E-state index contributed by atoms with van der Waals surface area (Å²) in [6.07, 6.45) is 2.79. The molecule has 0 saturated heterocycles. The summed E-state index contributed by atoms with van der Waals surface area (Å²) in [4.78, 5) is 0. The number of anilines is 1. The molecule has 0 radical (unpaired) electrons. The first kappa shape index (κ1) is 13.8. The van der Waals surface area contributed by atoms with Gasteiger partial charge in [-0.2, -0.15) is 5.10 Å². The van der Waals surface area contributed by atoms with Gasteiger partial charge in [0.25, 0.3) is 0 Å². The standard InChI is InChI=1S/C17H17N3S/c1-13-7-9-15(10-8-13)19-17(21)20-16(11-12-18-20)14-5-3-2-4-6-14/h2-10,12,16H,11H2,1H3,(H,19,21)/t16-/m1/s1. The molecule has 2 aromatic rings. The summed E-state index contributed by atoms with van der Waals surface area (Å²) < 4.78 is 0. The molecule has 21 heavy (non-hydrogen) atoms. The minimum Gasteiger partial charge on any atom is -0.331 e. The van der Waals surface area contributed by atoms with Crippen molar-refractivity contribution in [2.24, 2.45) is 5.10 Å². The Labute approximate surface area is 130 Å². The second kappa shape index (κ2) is 6.06. The van der Waals surface area contributed by atoms with Crippen molar-refractivity contribution in [2.75, 3.05) is 5.32 Å². The molecule has 106 valence electrons. The van der Waals surface area contributed by atoms with E-state index in [0.29, 0.717) is 5.11 Å². The largest absolute Gasteiger partial charge is 0.331 e. The van der Waals surface area contributed by atoms with Crippen LogP contribution in [0.1, 0.15) is 23.6 Å². The van der Waals surface area contributed by atoms with Crippen LogP contribution >= 0.6 is 12.2 Å². The number of rotatable bonds is 2. The third kappa shape index (κ3) is 3.11. The predicted molar refractivity (Wildman–Crippen MR) is 91.5 cm³/mol. The predicted octanol–water partition coefficient (Wildman–Crippen LogP) is 4.12. The lowest BCUT2D eigenvalue weighted by molar-refractivity contribution is 0.375. The van der Waals surface area contributed by atoms with E-state index < -0.39 is 0 Å². The average molecular weight is 295 g/mol. The van der Waals surface area contributed by atoms with Gasteiger partial charge in [0.2, 0.25) is 0 Å². The molecular formula is C17H17N3S. The first-order chi connectivity index (χ1) is 10.2. The van der Waals surface area contributed by atoms with Crippen LogP contribution in [-0.4, -0.2) is 16.3 Å². The van der Waals surface area contributed by atoms with E-state index in [9.17, 15) is 0 Å². The molecule has 0 aromatic heterocycles. The molecule has 0 aliphatic carbocycles. The molecule has 3 nitrogen and oxygen atoms in total. The molecule has 2 aromatic carbocycles. The molecular weight excluding hydrogens is 278 g/mol. The lowest BCUT2D eigenvalue weighted by Gasteiger charge is -2.25. The van der Waals surface area contributed by atoms with Gasteiger partial charge < -0.3 is 5.32 Å². The van der Waals surface area contributed by atoms with Gasteiger partial charge in [0.05, 0.1) is 6.04 Å². The average Bonchev–Trinajstić information content (AvgIpc) is 3.00.